The second-order valence-corrected chi connectivity index (χ2v) is 5.44. The molecule has 1 aliphatic carbocycles. The number of halogens is 1. The maximum atomic E-state index is 6.40. The lowest BCUT2D eigenvalue weighted by atomic mass is 9.81. The summed E-state index contributed by atoms with van der Waals surface area (Å²) in [5.41, 5.74) is 4.28. The number of benzene rings is 1. The fourth-order valence-electron chi connectivity index (χ4n) is 2.56. The number of hydrogen-bond acceptors (Lipinski definition) is 0. The lowest BCUT2D eigenvalue weighted by molar-refractivity contribution is 0.495. The molecule has 0 fully saturated rings. The summed E-state index contributed by atoms with van der Waals surface area (Å²) in [5.74, 6) is 0. The monoisotopic (exact) mass is 220 g/mol. The van der Waals surface area contributed by atoms with E-state index >= 15 is 0 Å². The van der Waals surface area contributed by atoms with Gasteiger partial charge in [0.15, 0.2) is 0 Å². The van der Waals surface area contributed by atoms with Crippen molar-refractivity contribution in [1.82, 2.24) is 0 Å². The van der Waals surface area contributed by atoms with Gasteiger partial charge in [-0.2, -0.15) is 0 Å². The van der Waals surface area contributed by atoms with Crippen molar-refractivity contribution in [2.24, 2.45) is 5.41 Å². The summed E-state index contributed by atoms with van der Waals surface area (Å²) in [5, 5.41) is 0.229. The van der Waals surface area contributed by atoms with Gasteiger partial charge in [0.25, 0.3) is 0 Å². The van der Waals surface area contributed by atoms with Crippen molar-refractivity contribution in [3.8, 4) is 0 Å². The molecule has 1 unspecified atom stereocenters. The van der Waals surface area contributed by atoms with Gasteiger partial charge in [0.05, 0.1) is 0 Å². The van der Waals surface area contributed by atoms with Crippen molar-refractivity contribution in [1.29, 1.82) is 0 Å². The SMILES string of the molecule is CC1=C(c2ccccc2)C(C)(C)C(Cl)C1. The topological polar surface area (TPSA) is 0 Å². The molecule has 2 rings (SSSR count). The molecule has 1 aromatic rings. The van der Waals surface area contributed by atoms with Crippen LogP contribution in [0.3, 0.4) is 0 Å². The van der Waals surface area contributed by atoms with Crippen LogP contribution >= 0.6 is 11.6 Å². The average molecular weight is 221 g/mol. The summed E-state index contributed by atoms with van der Waals surface area (Å²) in [4.78, 5) is 0. The molecule has 0 bridgehead atoms. The maximum Gasteiger partial charge on any atom is 0.0464 e. The van der Waals surface area contributed by atoms with Crippen LogP contribution in [0, 0.1) is 5.41 Å². The Morgan fingerprint density at radius 1 is 1.20 bits per heavy atom. The molecule has 80 valence electrons. The summed E-state index contributed by atoms with van der Waals surface area (Å²) in [7, 11) is 0. The highest BCUT2D eigenvalue weighted by Gasteiger charge is 2.39. The zero-order chi connectivity index (χ0) is 11.1. The van der Waals surface area contributed by atoms with E-state index in [1.54, 1.807) is 0 Å². The highest BCUT2D eigenvalue weighted by Crippen LogP contribution is 2.50. The van der Waals surface area contributed by atoms with E-state index in [0.717, 1.165) is 6.42 Å². The highest BCUT2D eigenvalue weighted by molar-refractivity contribution is 6.22. The van der Waals surface area contributed by atoms with E-state index in [0.29, 0.717) is 0 Å². The minimum absolute atomic E-state index is 0.0903. The molecule has 0 saturated carbocycles. The van der Waals surface area contributed by atoms with Crippen molar-refractivity contribution in [3.05, 3.63) is 41.5 Å². The Labute approximate surface area is 97.0 Å². The van der Waals surface area contributed by atoms with Crippen LogP contribution in [0.5, 0.6) is 0 Å². The molecule has 0 radical (unpaired) electrons. The first-order valence-corrected chi connectivity index (χ1v) is 5.87. The van der Waals surface area contributed by atoms with Gasteiger partial charge in [0.2, 0.25) is 0 Å². The van der Waals surface area contributed by atoms with Gasteiger partial charge < -0.3 is 0 Å². The van der Waals surface area contributed by atoms with Gasteiger partial charge >= 0.3 is 0 Å². The summed E-state index contributed by atoms with van der Waals surface area (Å²) in [6.45, 7) is 6.68. The van der Waals surface area contributed by atoms with Crippen LogP contribution in [0.2, 0.25) is 0 Å². The van der Waals surface area contributed by atoms with E-state index < -0.39 is 0 Å². The fourth-order valence-corrected chi connectivity index (χ4v) is 2.90. The maximum absolute atomic E-state index is 6.40. The third kappa shape index (κ3) is 1.72. The summed E-state index contributed by atoms with van der Waals surface area (Å²) < 4.78 is 0. The van der Waals surface area contributed by atoms with Gasteiger partial charge in [-0.3, -0.25) is 0 Å². The zero-order valence-corrected chi connectivity index (χ0v) is 10.3. The molecule has 0 spiro atoms. The quantitative estimate of drug-likeness (QED) is 0.612. The molecule has 15 heavy (non-hydrogen) atoms. The molecule has 1 aliphatic rings. The molecule has 1 heteroatoms. The Kier molecular flexibility index (Phi) is 2.64. The molecular weight excluding hydrogens is 204 g/mol. The van der Waals surface area contributed by atoms with Crippen molar-refractivity contribution in [2.75, 3.05) is 0 Å². The smallest absolute Gasteiger partial charge is 0.0464 e. The molecule has 0 N–H and O–H groups in total. The average Bonchev–Trinajstić information content (AvgIpc) is 2.37. The van der Waals surface area contributed by atoms with Crippen molar-refractivity contribution in [3.63, 3.8) is 0 Å². The Balaban J connectivity index is 2.49. The van der Waals surface area contributed by atoms with Crippen LogP contribution in [-0.4, -0.2) is 5.38 Å². The largest absolute Gasteiger partial charge is 0.122 e. The molecule has 1 aromatic carbocycles. The Hall–Kier alpha value is -0.750. The van der Waals surface area contributed by atoms with E-state index in [1.165, 1.54) is 16.7 Å². The summed E-state index contributed by atoms with van der Waals surface area (Å²) in [6.07, 6.45) is 1.01. The van der Waals surface area contributed by atoms with E-state index in [-0.39, 0.29) is 10.8 Å². The molecule has 0 aliphatic heterocycles. The van der Waals surface area contributed by atoms with Crippen LogP contribution in [-0.2, 0) is 0 Å². The standard InChI is InChI=1S/C14H17Cl/c1-10-9-12(15)14(2,3)13(10)11-7-5-4-6-8-11/h4-8,12H,9H2,1-3H3. The van der Waals surface area contributed by atoms with Crippen molar-refractivity contribution in [2.45, 2.75) is 32.6 Å². The second kappa shape index (κ2) is 3.68. The first-order chi connectivity index (χ1) is 7.03. The van der Waals surface area contributed by atoms with E-state index in [9.17, 15) is 0 Å². The van der Waals surface area contributed by atoms with Crippen LogP contribution in [0.1, 0.15) is 32.8 Å². The Bertz CT molecular complexity index is 387. The van der Waals surface area contributed by atoms with Crippen LogP contribution in [0.15, 0.2) is 35.9 Å². The van der Waals surface area contributed by atoms with E-state index in [4.69, 9.17) is 11.6 Å². The predicted molar refractivity (Wildman–Crippen MR) is 67.1 cm³/mol. The number of allylic oxidation sites excluding steroid dienone is 2. The molecule has 0 aromatic heterocycles. The van der Waals surface area contributed by atoms with Gasteiger partial charge in [0.1, 0.15) is 0 Å². The molecule has 1 atom stereocenters. The number of hydrogen-bond donors (Lipinski definition) is 0. The van der Waals surface area contributed by atoms with E-state index in [2.05, 4.69) is 51.1 Å². The highest BCUT2D eigenvalue weighted by atomic mass is 35.5. The Morgan fingerprint density at radius 2 is 1.80 bits per heavy atom. The van der Waals surface area contributed by atoms with Crippen molar-refractivity contribution < 1.29 is 0 Å². The molecular formula is C14H17Cl. The van der Waals surface area contributed by atoms with Gasteiger partial charge in [-0.1, -0.05) is 49.8 Å². The van der Waals surface area contributed by atoms with Gasteiger partial charge in [-0.25, -0.2) is 0 Å². The molecule has 0 amide bonds. The lowest BCUT2D eigenvalue weighted by Crippen LogP contribution is -2.20. The van der Waals surface area contributed by atoms with Gasteiger partial charge in [-0.05, 0) is 24.5 Å². The number of alkyl halides is 1. The third-order valence-electron chi connectivity index (χ3n) is 3.40. The van der Waals surface area contributed by atoms with Gasteiger partial charge in [-0.15, -0.1) is 11.6 Å². The molecule has 0 nitrogen and oxygen atoms in total. The number of rotatable bonds is 1. The van der Waals surface area contributed by atoms with E-state index in [1.807, 2.05) is 0 Å². The van der Waals surface area contributed by atoms with Gasteiger partial charge in [0, 0.05) is 10.8 Å². The van der Waals surface area contributed by atoms with Crippen LogP contribution in [0.4, 0.5) is 0 Å². The van der Waals surface area contributed by atoms with Crippen molar-refractivity contribution >= 4 is 17.2 Å². The van der Waals surface area contributed by atoms with Crippen LogP contribution < -0.4 is 0 Å². The third-order valence-corrected chi connectivity index (χ3v) is 4.10. The molecule has 0 saturated heterocycles. The van der Waals surface area contributed by atoms with Crippen LogP contribution in [0.25, 0.3) is 5.57 Å². The summed E-state index contributed by atoms with van der Waals surface area (Å²) >= 11 is 6.40. The normalized spacial score (nSPS) is 24.7. The lowest BCUT2D eigenvalue weighted by Gasteiger charge is -2.27. The summed E-state index contributed by atoms with van der Waals surface area (Å²) in [6, 6.07) is 10.6. The fraction of sp³-hybridized carbons (Fsp3) is 0.429. The minimum atomic E-state index is 0.0903. The molecule has 0 heterocycles. The minimum Gasteiger partial charge on any atom is -0.122 e. The first-order valence-electron chi connectivity index (χ1n) is 5.43. The Morgan fingerprint density at radius 3 is 2.27 bits per heavy atom. The second-order valence-electron chi connectivity index (χ2n) is 4.91. The zero-order valence-electron chi connectivity index (χ0n) is 9.55. The predicted octanol–water partition coefficient (Wildman–Crippen LogP) is 4.50. The first kappa shape index (κ1) is 10.8.